The van der Waals surface area contributed by atoms with Crippen LogP contribution in [0, 0.1) is 0 Å². The first-order valence-electron chi connectivity index (χ1n) is 5.72. The van der Waals surface area contributed by atoms with Crippen molar-refractivity contribution in [2.24, 2.45) is 0 Å². The van der Waals surface area contributed by atoms with Crippen LogP contribution < -0.4 is 0 Å². The fourth-order valence-electron chi connectivity index (χ4n) is 2.08. The highest BCUT2D eigenvalue weighted by Gasteiger charge is 2.38. The van der Waals surface area contributed by atoms with Crippen LogP contribution in [0.2, 0.25) is 4.34 Å². The molecular formula is C11H16ClNO3S2. The van der Waals surface area contributed by atoms with Gasteiger partial charge in [-0.05, 0) is 25.5 Å². The maximum atomic E-state index is 12.4. The van der Waals surface area contributed by atoms with Crippen LogP contribution in [0.15, 0.2) is 12.1 Å². The summed E-state index contributed by atoms with van der Waals surface area (Å²) in [6.07, 6.45) is 0.336. The van der Waals surface area contributed by atoms with Gasteiger partial charge in [-0.15, -0.1) is 11.3 Å². The molecule has 102 valence electrons. The number of thiophene rings is 1. The van der Waals surface area contributed by atoms with E-state index in [0.29, 0.717) is 23.9 Å². The Morgan fingerprint density at radius 1 is 1.56 bits per heavy atom. The Labute approximate surface area is 117 Å². The van der Waals surface area contributed by atoms with Crippen molar-refractivity contribution in [1.29, 1.82) is 0 Å². The maximum absolute atomic E-state index is 12.4. The zero-order valence-electron chi connectivity index (χ0n) is 10.3. The predicted molar refractivity (Wildman–Crippen MR) is 73.5 cm³/mol. The summed E-state index contributed by atoms with van der Waals surface area (Å²) in [5.41, 5.74) is 0. The van der Waals surface area contributed by atoms with Crippen molar-refractivity contribution in [2.75, 3.05) is 13.7 Å². The quantitative estimate of drug-likeness (QED) is 0.857. The highest BCUT2D eigenvalue weighted by Crippen LogP contribution is 2.27. The van der Waals surface area contributed by atoms with E-state index in [-0.39, 0.29) is 6.10 Å². The average Bonchev–Trinajstić information content (AvgIpc) is 2.87. The first kappa shape index (κ1) is 14.3. The Morgan fingerprint density at radius 3 is 2.78 bits per heavy atom. The van der Waals surface area contributed by atoms with Crippen LogP contribution in [0.3, 0.4) is 0 Å². The van der Waals surface area contributed by atoms with E-state index in [2.05, 4.69) is 0 Å². The van der Waals surface area contributed by atoms with Gasteiger partial charge in [0.2, 0.25) is 10.0 Å². The van der Waals surface area contributed by atoms with Crippen LogP contribution >= 0.6 is 22.9 Å². The standard InChI is InChI=1S/C11H16ClNO3S2/c1-8-10(5-6-16-8)18(14,15)13(2)7-9-3-4-11(12)17-9/h3-4,8,10H,5-7H2,1-2H3/t8-,10+/m1/s1. The first-order chi connectivity index (χ1) is 8.41. The summed E-state index contributed by atoms with van der Waals surface area (Å²) >= 11 is 7.24. The molecule has 2 rings (SSSR count). The number of rotatable bonds is 4. The topological polar surface area (TPSA) is 46.6 Å². The van der Waals surface area contributed by atoms with E-state index in [1.54, 1.807) is 13.1 Å². The van der Waals surface area contributed by atoms with Crippen molar-refractivity contribution in [3.05, 3.63) is 21.3 Å². The molecule has 1 aromatic heterocycles. The maximum Gasteiger partial charge on any atom is 0.219 e. The Morgan fingerprint density at radius 2 is 2.28 bits per heavy atom. The zero-order valence-corrected chi connectivity index (χ0v) is 12.7. The fourth-order valence-corrected chi connectivity index (χ4v) is 5.04. The van der Waals surface area contributed by atoms with Crippen LogP contribution in [-0.2, 0) is 21.3 Å². The molecule has 0 spiro atoms. The summed E-state index contributed by atoms with van der Waals surface area (Å²) in [7, 11) is -1.70. The van der Waals surface area contributed by atoms with Crippen molar-refractivity contribution in [3.8, 4) is 0 Å². The molecule has 2 atom stereocenters. The summed E-state index contributed by atoms with van der Waals surface area (Å²) < 4.78 is 32.1. The number of hydrogen-bond donors (Lipinski definition) is 0. The Bertz CT molecular complexity index is 514. The summed E-state index contributed by atoms with van der Waals surface area (Å²) in [5.74, 6) is 0. The van der Waals surface area contributed by atoms with Gasteiger partial charge in [0, 0.05) is 25.1 Å². The van der Waals surface area contributed by atoms with Gasteiger partial charge >= 0.3 is 0 Å². The summed E-state index contributed by atoms with van der Waals surface area (Å²) in [6.45, 7) is 2.69. The number of halogens is 1. The van der Waals surface area contributed by atoms with E-state index in [1.165, 1.54) is 15.6 Å². The molecule has 1 aliphatic heterocycles. The minimum atomic E-state index is -3.30. The van der Waals surface area contributed by atoms with Crippen LogP contribution in [0.25, 0.3) is 0 Å². The lowest BCUT2D eigenvalue weighted by atomic mass is 10.3. The van der Waals surface area contributed by atoms with Crippen molar-refractivity contribution in [3.63, 3.8) is 0 Å². The number of ether oxygens (including phenoxy) is 1. The van der Waals surface area contributed by atoms with Gasteiger partial charge in [-0.1, -0.05) is 11.6 Å². The Hall–Kier alpha value is -0.140. The summed E-state index contributed by atoms with van der Waals surface area (Å²) in [5, 5.41) is -0.432. The minimum absolute atomic E-state index is 0.232. The van der Waals surface area contributed by atoms with Gasteiger partial charge in [-0.3, -0.25) is 0 Å². The van der Waals surface area contributed by atoms with E-state index >= 15 is 0 Å². The molecule has 1 fully saturated rings. The van der Waals surface area contributed by atoms with Crippen LogP contribution in [0.4, 0.5) is 0 Å². The molecule has 0 bridgehead atoms. The molecule has 4 nitrogen and oxygen atoms in total. The van der Waals surface area contributed by atoms with Gasteiger partial charge in [-0.25, -0.2) is 8.42 Å². The second kappa shape index (κ2) is 5.46. The third-order valence-electron chi connectivity index (χ3n) is 3.13. The number of nitrogens with zero attached hydrogens (tertiary/aromatic N) is 1. The number of hydrogen-bond acceptors (Lipinski definition) is 4. The molecule has 0 aromatic carbocycles. The highest BCUT2D eigenvalue weighted by molar-refractivity contribution is 7.89. The Balaban J connectivity index is 2.10. The largest absolute Gasteiger partial charge is 0.377 e. The van der Waals surface area contributed by atoms with Gasteiger partial charge < -0.3 is 4.74 Å². The second-order valence-electron chi connectivity index (χ2n) is 4.41. The molecule has 2 heterocycles. The monoisotopic (exact) mass is 309 g/mol. The van der Waals surface area contributed by atoms with Crippen LogP contribution in [-0.4, -0.2) is 37.7 Å². The summed E-state index contributed by atoms with van der Waals surface area (Å²) in [4.78, 5) is 0.942. The first-order valence-corrected chi connectivity index (χ1v) is 8.42. The van der Waals surface area contributed by atoms with Crippen molar-refractivity contribution in [1.82, 2.24) is 4.31 Å². The fraction of sp³-hybridized carbons (Fsp3) is 0.636. The third-order valence-corrected chi connectivity index (χ3v) is 6.73. The van der Waals surface area contributed by atoms with Crippen LogP contribution in [0.1, 0.15) is 18.2 Å². The van der Waals surface area contributed by atoms with Gasteiger partial charge in [0.1, 0.15) is 5.25 Å². The molecule has 1 saturated heterocycles. The molecule has 1 aliphatic rings. The smallest absolute Gasteiger partial charge is 0.219 e. The van der Waals surface area contributed by atoms with E-state index < -0.39 is 15.3 Å². The second-order valence-corrected chi connectivity index (χ2v) is 8.47. The minimum Gasteiger partial charge on any atom is -0.377 e. The van der Waals surface area contributed by atoms with E-state index in [1.807, 2.05) is 13.0 Å². The van der Waals surface area contributed by atoms with E-state index in [0.717, 1.165) is 4.88 Å². The molecule has 0 radical (unpaired) electrons. The predicted octanol–water partition coefficient (Wildman–Crippen LogP) is 2.34. The van der Waals surface area contributed by atoms with Gasteiger partial charge in [0.25, 0.3) is 0 Å². The van der Waals surface area contributed by atoms with Gasteiger partial charge in [0.05, 0.1) is 10.4 Å². The molecule has 7 heteroatoms. The third kappa shape index (κ3) is 2.88. The Kier molecular flexibility index (Phi) is 4.33. The SMILES string of the molecule is C[C@H]1OCC[C@@H]1S(=O)(=O)N(C)Cc1ccc(Cl)s1. The van der Waals surface area contributed by atoms with Crippen molar-refractivity contribution in [2.45, 2.75) is 31.2 Å². The number of sulfonamides is 1. The molecule has 0 N–H and O–H groups in total. The van der Waals surface area contributed by atoms with Crippen molar-refractivity contribution >= 4 is 33.0 Å². The zero-order chi connectivity index (χ0) is 13.3. The molecular weight excluding hydrogens is 294 g/mol. The normalized spacial score (nSPS) is 24.9. The average molecular weight is 310 g/mol. The molecule has 0 unspecified atom stereocenters. The lowest BCUT2D eigenvalue weighted by molar-refractivity contribution is 0.125. The molecule has 0 amide bonds. The van der Waals surface area contributed by atoms with Gasteiger partial charge in [0.15, 0.2) is 0 Å². The van der Waals surface area contributed by atoms with Crippen LogP contribution in [0.5, 0.6) is 0 Å². The van der Waals surface area contributed by atoms with E-state index in [4.69, 9.17) is 16.3 Å². The van der Waals surface area contributed by atoms with E-state index in [9.17, 15) is 8.42 Å². The molecule has 0 saturated carbocycles. The lowest BCUT2D eigenvalue weighted by Gasteiger charge is -2.22. The van der Waals surface area contributed by atoms with Crippen molar-refractivity contribution < 1.29 is 13.2 Å². The molecule has 18 heavy (non-hydrogen) atoms. The summed E-state index contributed by atoms with van der Waals surface area (Å²) in [6, 6.07) is 3.64. The highest BCUT2D eigenvalue weighted by atomic mass is 35.5. The molecule has 0 aliphatic carbocycles. The molecule has 1 aromatic rings. The lowest BCUT2D eigenvalue weighted by Crippen LogP contribution is -2.39. The van der Waals surface area contributed by atoms with Gasteiger partial charge in [-0.2, -0.15) is 4.31 Å².